The van der Waals surface area contributed by atoms with Crippen molar-refractivity contribution in [3.05, 3.63) is 71.7 Å². The molecule has 0 atom stereocenters. The molecular formula is C25H28FN7. The number of nitrogens with zero attached hydrogens (tertiary/aromatic N) is 5. The van der Waals surface area contributed by atoms with Gasteiger partial charge in [0.2, 0.25) is 5.95 Å². The summed E-state index contributed by atoms with van der Waals surface area (Å²) in [5.41, 5.74) is 4.22. The Bertz CT molecular complexity index is 1360. The van der Waals surface area contributed by atoms with Crippen LogP contribution in [0.1, 0.15) is 44.6 Å². The molecule has 0 saturated heterocycles. The van der Waals surface area contributed by atoms with Crippen LogP contribution < -0.4 is 5.32 Å². The summed E-state index contributed by atoms with van der Waals surface area (Å²) in [6.45, 7) is 11.8. The Morgan fingerprint density at radius 2 is 2.06 bits per heavy atom. The van der Waals surface area contributed by atoms with E-state index in [1.165, 1.54) is 30.1 Å². The zero-order valence-corrected chi connectivity index (χ0v) is 19.4. The summed E-state index contributed by atoms with van der Waals surface area (Å²) in [5, 5.41) is 9.13. The Hall–Kier alpha value is -3.81. The zero-order chi connectivity index (χ0) is 23.6. The highest BCUT2D eigenvalue weighted by Crippen LogP contribution is 2.28. The maximum absolute atomic E-state index is 13.7. The highest BCUT2D eigenvalue weighted by Gasteiger charge is 2.23. The van der Waals surface area contributed by atoms with Crippen LogP contribution in [0, 0.1) is 0 Å². The molecule has 0 unspecified atom stereocenters. The lowest BCUT2D eigenvalue weighted by Gasteiger charge is -2.17. The fourth-order valence-corrected chi connectivity index (χ4v) is 3.77. The fraction of sp³-hybridized carbons (Fsp3) is 0.280. The monoisotopic (exact) mass is 445 g/mol. The number of hydrogen-bond acceptors (Lipinski definition) is 5. The molecule has 0 radical (unpaired) electrons. The predicted molar refractivity (Wildman–Crippen MR) is 132 cm³/mol. The zero-order valence-electron chi connectivity index (χ0n) is 19.4. The van der Waals surface area contributed by atoms with Crippen LogP contribution in [-0.4, -0.2) is 37.8 Å². The van der Waals surface area contributed by atoms with Crippen LogP contribution in [0.4, 0.5) is 10.3 Å². The summed E-state index contributed by atoms with van der Waals surface area (Å²) >= 11 is 0. The van der Waals surface area contributed by atoms with Crippen LogP contribution >= 0.6 is 0 Å². The van der Waals surface area contributed by atoms with E-state index in [-0.39, 0.29) is 11.2 Å². The summed E-state index contributed by atoms with van der Waals surface area (Å²) < 4.78 is 15.4. The van der Waals surface area contributed by atoms with Gasteiger partial charge in [-0.15, -0.1) is 0 Å². The van der Waals surface area contributed by atoms with Gasteiger partial charge in [0.15, 0.2) is 11.5 Å². The van der Waals surface area contributed by atoms with E-state index < -0.39 is 0 Å². The van der Waals surface area contributed by atoms with Gasteiger partial charge >= 0.3 is 0 Å². The first-order valence-electron chi connectivity index (χ1n) is 10.8. The van der Waals surface area contributed by atoms with Crippen LogP contribution in [0.2, 0.25) is 0 Å². The molecule has 4 aromatic rings. The third-order valence-corrected chi connectivity index (χ3v) is 5.37. The Kier molecular flexibility index (Phi) is 6.09. The number of aromatic amines is 1. The van der Waals surface area contributed by atoms with E-state index in [1.807, 2.05) is 24.5 Å². The Labute approximate surface area is 192 Å². The number of aromatic nitrogens is 5. The molecule has 1 aromatic carbocycles. The Morgan fingerprint density at radius 1 is 1.27 bits per heavy atom. The average molecular weight is 446 g/mol. The number of allylic oxidation sites excluding steroid dienone is 3. The lowest BCUT2D eigenvalue weighted by atomic mass is 9.89. The molecule has 0 spiro atoms. The standard InChI is InChI=1S/C25H28FN7/c1-16(26)12-18(13-27-5)22-31-23-20(25(2,3)4)15-30-33(23)24(32-22)28-11-10-17-14-29-21-9-7-6-8-19(17)21/h6-9,12-15,29H,5,10-11H2,1-4H3,(H,28,31,32)/b16-12+,18-13+. The Morgan fingerprint density at radius 3 is 2.79 bits per heavy atom. The summed E-state index contributed by atoms with van der Waals surface area (Å²) in [7, 11) is 0. The van der Waals surface area contributed by atoms with Crippen LogP contribution in [0.15, 0.2) is 59.8 Å². The normalized spacial score (nSPS) is 13.1. The van der Waals surface area contributed by atoms with Gasteiger partial charge in [-0.2, -0.15) is 14.6 Å². The number of rotatable bonds is 7. The number of nitrogens with one attached hydrogen (secondary N) is 2. The van der Waals surface area contributed by atoms with E-state index in [9.17, 15) is 4.39 Å². The number of benzene rings is 1. The SMILES string of the molecule is C=N/C=C(\C=C(/C)F)c1nc(NCCc2c[nH]c3ccccc23)n2ncc(C(C)(C)C)c2n1. The summed E-state index contributed by atoms with van der Waals surface area (Å²) in [4.78, 5) is 16.5. The number of H-pyrrole nitrogens is 1. The number of halogens is 1. The van der Waals surface area contributed by atoms with E-state index >= 15 is 0 Å². The molecule has 3 heterocycles. The lowest BCUT2D eigenvalue weighted by Crippen LogP contribution is -2.15. The minimum atomic E-state index is -0.369. The second kappa shape index (κ2) is 8.97. The molecule has 0 fully saturated rings. The maximum Gasteiger partial charge on any atom is 0.227 e. The maximum atomic E-state index is 13.7. The van der Waals surface area contributed by atoms with E-state index in [0.717, 1.165) is 17.5 Å². The van der Waals surface area contributed by atoms with E-state index in [4.69, 9.17) is 4.98 Å². The van der Waals surface area contributed by atoms with Crippen LogP contribution in [0.5, 0.6) is 0 Å². The molecule has 33 heavy (non-hydrogen) atoms. The average Bonchev–Trinajstić information content (AvgIpc) is 3.37. The second-order valence-corrected chi connectivity index (χ2v) is 8.95. The minimum absolute atomic E-state index is 0.179. The lowest BCUT2D eigenvalue weighted by molar-refractivity contribution is 0.594. The van der Waals surface area contributed by atoms with Gasteiger partial charge in [-0.25, -0.2) is 9.37 Å². The minimum Gasteiger partial charge on any atom is -0.361 e. The molecule has 0 saturated carbocycles. The van der Waals surface area contributed by atoms with Crippen molar-refractivity contribution in [2.24, 2.45) is 4.99 Å². The van der Waals surface area contributed by atoms with Crippen LogP contribution in [-0.2, 0) is 11.8 Å². The predicted octanol–water partition coefficient (Wildman–Crippen LogP) is 5.47. The molecule has 4 rings (SSSR count). The number of hydrogen-bond donors (Lipinski definition) is 2. The van der Waals surface area contributed by atoms with Gasteiger partial charge in [0.1, 0.15) is 0 Å². The molecular weight excluding hydrogens is 417 g/mol. The quantitative estimate of drug-likeness (QED) is 0.292. The molecule has 0 amide bonds. The molecule has 0 bridgehead atoms. The molecule has 7 nitrogen and oxygen atoms in total. The smallest absolute Gasteiger partial charge is 0.227 e. The topological polar surface area (TPSA) is 83.3 Å². The van der Waals surface area contributed by atoms with Crippen molar-refractivity contribution in [2.45, 2.75) is 39.5 Å². The van der Waals surface area contributed by atoms with Crippen LogP contribution in [0.25, 0.3) is 22.1 Å². The highest BCUT2D eigenvalue weighted by atomic mass is 19.1. The molecule has 0 aliphatic carbocycles. The Balaban J connectivity index is 1.72. The van der Waals surface area contributed by atoms with Crippen molar-refractivity contribution in [1.29, 1.82) is 0 Å². The largest absolute Gasteiger partial charge is 0.361 e. The van der Waals surface area contributed by atoms with Gasteiger partial charge < -0.3 is 10.3 Å². The van der Waals surface area contributed by atoms with Gasteiger partial charge in [-0.3, -0.25) is 4.99 Å². The summed E-state index contributed by atoms with van der Waals surface area (Å²) in [6, 6.07) is 8.22. The molecule has 3 aromatic heterocycles. The van der Waals surface area contributed by atoms with Gasteiger partial charge in [0.25, 0.3) is 0 Å². The number of aliphatic imine (C=N–C) groups is 1. The van der Waals surface area contributed by atoms with E-state index in [0.29, 0.717) is 29.5 Å². The third-order valence-electron chi connectivity index (χ3n) is 5.37. The number of para-hydroxylation sites is 1. The molecule has 0 aliphatic rings. The first-order chi connectivity index (χ1) is 15.8. The molecule has 2 N–H and O–H groups in total. The second-order valence-electron chi connectivity index (χ2n) is 8.95. The van der Waals surface area contributed by atoms with Gasteiger partial charge in [0, 0.05) is 41.0 Å². The van der Waals surface area contributed by atoms with Crippen molar-refractivity contribution < 1.29 is 4.39 Å². The highest BCUT2D eigenvalue weighted by molar-refractivity contribution is 5.83. The summed E-state index contributed by atoms with van der Waals surface area (Å²) in [5.74, 6) is 0.518. The molecule has 170 valence electrons. The van der Waals surface area contributed by atoms with Gasteiger partial charge in [0.05, 0.1) is 12.0 Å². The van der Waals surface area contributed by atoms with E-state index in [2.05, 4.69) is 65.0 Å². The van der Waals surface area contributed by atoms with Crippen molar-refractivity contribution in [1.82, 2.24) is 24.6 Å². The van der Waals surface area contributed by atoms with Gasteiger partial charge in [-0.05, 0) is 43.2 Å². The first-order valence-corrected chi connectivity index (χ1v) is 10.8. The van der Waals surface area contributed by atoms with Gasteiger partial charge in [-0.1, -0.05) is 39.0 Å². The first kappa shape index (κ1) is 22.4. The van der Waals surface area contributed by atoms with E-state index in [1.54, 1.807) is 4.52 Å². The number of fused-ring (bicyclic) bond motifs is 2. The van der Waals surface area contributed by atoms with Crippen molar-refractivity contribution >= 4 is 34.8 Å². The van der Waals surface area contributed by atoms with Crippen molar-refractivity contribution in [3.8, 4) is 0 Å². The molecule has 0 aliphatic heterocycles. The number of anilines is 1. The van der Waals surface area contributed by atoms with Crippen molar-refractivity contribution in [2.75, 3.05) is 11.9 Å². The summed E-state index contributed by atoms with van der Waals surface area (Å²) in [6.07, 6.45) is 7.44. The molecule has 8 heteroatoms. The van der Waals surface area contributed by atoms with Crippen LogP contribution in [0.3, 0.4) is 0 Å². The van der Waals surface area contributed by atoms with Crippen molar-refractivity contribution in [3.63, 3.8) is 0 Å². The fourth-order valence-electron chi connectivity index (χ4n) is 3.77. The third kappa shape index (κ3) is 4.69.